The Labute approximate surface area is 132 Å². The molecule has 0 atom stereocenters. The number of urea groups is 1. The van der Waals surface area contributed by atoms with E-state index >= 15 is 0 Å². The number of ether oxygens (including phenoxy) is 3. The largest absolute Gasteiger partial charge is 0.454 e. The minimum atomic E-state index is -0.427. The number of nitrogens with one attached hydrogen (secondary N) is 2. The van der Waals surface area contributed by atoms with Gasteiger partial charge in [-0.25, -0.2) is 4.79 Å². The minimum absolute atomic E-state index is 0.175. The maximum atomic E-state index is 12.0. The van der Waals surface area contributed by atoms with E-state index in [2.05, 4.69) is 10.6 Å². The number of fused-ring (bicyclic) bond motifs is 1. The Hall–Kier alpha value is -3.22. The summed E-state index contributed by atoms with van der Waals surface area (Å²) in [6.07, 6.45) is 0. The quantitative estimate of drug-likeness (QED) is 0.672. The number of amides is 2. The number of carbonyl (C=O) groups is 2. The predicted molar refractivity (Wildman–Crippen MR) is 83.0 cm³/mol. The Balaban J connectivity index is 1.64. The van der Waals surface area contributed by atoms with Gasteiger partial charge >= 0.3 is 12.0 Å². The van der Waals surface area contributed by atoms with Crippen LogP contribution < -0.4 is 24.8 Å². The van der Waals surface area contributed by atoms with Crippen LogP contribution in [0.25, 0.3) is 0 Å². The zero-order chi connectivity index (χ0) is 16.2. The Morgan fingerprint density at radius 3 is 2.52 bits per heavy atom. The van der Waals surface area contributed by atoms with Crippen LogP contribution in [0.4, 0.5) is 16.2 Å². The number of benzene rings is 2. The fourth-order valence-corrected chi connectivity index (χ4v) is 2.07. The molecule has 1 aliphatic rings. The Morgan fingerprint density at radius 2 is 1.74 bits per heavy atom. The van der Waals surface area contributed by atoms with Crippen LogP contribution in [-0.2, 0) is 4.79 Å². The van der Waals surface area contributed by atoms with E-state index < -0.39 is 12.0 Å². The summed E-state index contributed by atoms with van der Waals surface area (Å²) < 4.78 is 15.4. The molecule has 3 rings (SSSR count). The number of carbonyl (C=O) groups excluding carboxylic acids is 2. The molecule has 2 amide bonds. The molecule has 7 heteroatoms. The lowest BCUT2D eigenvalue weighted by molar-refractivity contribution is -0.131. The van der Waals surface area contributed by atoms with Crippen LogP contribution in [0.2, 0.25) is 0 Å². The summed E-state index contributed by atoms with van der Waals surface area (Å²) in [5.74, 6) is 1.16. The van der Waals surface area contributed by atoms with Crippen LogP contribution in [0.3, 0.4) is 0 Å². The van der Waals surface area contributed by atoms with Crippen LogP contribution in [0.5, 0.6) is 17.2 Å². The molecule has 0 saturated carbocycles. The van der Waals surface area contributed by atoms with Crippen molar-refractivity contribution in [2.45, 2.75) is 6.92 Å². The second kappa shape index (κ2) is 6.27. The van der Waals surface area contributed by atoms with E-state index in [9.17, 15) is 9.59 Å². The van der Waals surface area contributed by atoms with Crippen LogP contribution >= 0.6 is 0 Å². The Kier molecular flexibility index (Phi) is 4.01. The predicted octanol–water partition coefficient (Wildman–Crippen LogP) is 2.98. The summed E-state index contributed by atoms with van der Waals surface area (Å²) in [6, 6.07) is 11.2. The molecule has 0 bridgehead atoms. The third-order valence-electron chi connectivity index (χ3n) is 2.98. The van der Waals surface area contributed by atoms with Gasteiger partial charge < -0.3 is 24.8 Å². The molecule has 0 spiro atoms. The number of esters is 1. The highest BCUT2D eigenvalue weighted by molar-refractivity contribution is 6.00. The first-order valence-electron chi connectivity index (χ1n) is 6.86. The highest BCUT2D eigenvalue weighted by Gasteiger charge is 2.14. The standard InChI is InChI=1S/C16H14N2O5/c1-10(19)23-13-4-2-3-11(7-13)17-16(20)18-12-5-6-14-15(8-12)22-9-21-14/h2-8H,9H2,1H3,(H2,17,18,20). The molecular formula is C16H14N2O5. The van der Waals surface area contributed by atoms with Gasteiger partial charge in [0, 0.05) is 30.4 Å². The summed E-state index contributed by atoms with van der Waals surface area (Å²) in [6.45, 7) is 1.49. The van der Waals surface area contributed by atoms with Crippen molar-refractivity contribution in [2.24, 2.45) is 0 Å². The van der Waals surface area contributed by atoms with E-state index in [0.29, 0.717) is 28.6 Å². The number of rotatable bonds is 3. The van der Waals surface area contributed by atoms with Crippen molar-refractivity contribution in [3.05, 3.63) is 42.5 Å². The van der Waals surface area contributed by atoms with E-state index in [0.717, 1.165) is 0 Å². The van der Waals surface area contributed by atoms with Crippen LogP contribution in [0.1, 0.15) is 6.92 Å². The molecule has 0 fully saturated rings. The maximum absolute atomic E-state index is 12.0. The lowest BCUT2D eigenvalue weighted by Crippen LogP contribution is -2.19. The van der Waals surface area contributed by atoms with E-state index in [1.54, 1.807) is 42.5 Å². The molecule has 0 radical (unpaired) electrons. The SMILES string of the molecule is CC(=O)Oc1cccc(NC(=O)Nc2ccc3c(c2)OCO3)c1. The molecule has 2 aromatic carbocycles. The monoisotopic (exact) mass is 314 g/mol. The van der Waals surface area contributed by atoms with Gasteiger partial charge in [0.05, 0.1) is 0 Å². The molecule has 0 aromatic heterocycles. The van der Waals surface area contributed by atoms with Gasteiger partial charge in [0.1, 0.15) is 5.75 Å². The van der Waals surface area contributed by atoms with Crippen molar-refractivity contribution in [1.82, 2.24) is 0 Å². The molecular weight excluding hydrogens is 300 g/mol. The average Bonchev–Trinajstić information content (AvgIpc) is 2.94. The third kappa shape index (κ3) is 3.70. The van der Waals surface area contributed by atoms with Crippen molar-refractivity contribution < 1.29 is 23.8 Å². The van der Waals surface area contributed by atoms with E-state index in [4.69, 9.17) is 14.2 Å². The molecule has 1 aliphatic heterocycles. The van der Waals surface area contributed by atoms with Gasteiger partial charge in [0.25, 0.3) is 0 Å². The first-order chi connectivity index (χ1) is 11.1. The molecule has 0 saturated heterocycles. The highest BCUT2D eigenvalue weighted by atomic mass is 16.7. The summed E-state index contributed by atoms with van der Waals surface area (Å²) in [5.41, 5.74) is 1.07. The van der Waals surface area contributed by atoms with Crippen molar-refractivity contribution in [1.29, 1.82) is 0 Å². The van der Waals surface area contributed by atoms with Crippen LogP contribution in [0.15, 0.2) is 42.5 Å². The fraction of sp³-hybridized carbons (Fsp3) is 0.125. The molecule has 0 unspecified atom stereocenters. The number of hydrogen-bond acceptors (Lipinski definition) is 5. The van der Waals surface area contributed by atoms with Crippen molar-refractivity contribution >= 4 is 23.4 Å². The van der Waals surface area contributed by atoms with Crippen molar-refractivity contribution in [3.63, 3.8) is 0 Å². The van der Waals surface area contributed by atoms with Gasteiger partial charge in [-0.05, 0) is 24.3 Å². The second-order valence-electron chi connectivity index (χ2n) is 4.77. The Bertz CT molecular complexity index is 760. The highest BCUT2D eigenvalue weighted by Crippen LogP contribution is 2.34. The smallest absolute Gasteiger partial charge is 0.323 e. The first-order valence-corrected chi connectivity index (χ1v) is 6.86. The van der Waals surface area contributed by atoms with Gasteiger partial charge in [0.15, 0.2) is 11.5 Å². The van der Waals surface area contributed by atoms with Crippen molar-refractivity contribution in [2.75, 3.05) is 17.4 Å². The van der Waals surface area contributed by atoms with Crippen LogP contribution in [0, 0.1) is 0 Å². The van der Waals surface area contributed by atoms with Gasteiger partial charge in [0.2, 0.25) is 6.79 Å². The zero-order valence-electron chi connectivity index (χ0n) is 12.3. The van der Waals surface area contributed by atoms with E-state index in [-0.39, 0.29) is 6.79 Å². The molecule has 0 aliphatic carbocycles. The molecule has 1 heterocycles. The zero-order valence-corrected chi connectivity index (χ0v) is 12.3. The molecule has 118 valence electrons. The van der Waals surface area contributed by atoms with Crippen LogP contribution in [-0.4, -0.2) is 18.8 Å². The minimum Gasteiger partial charge on any atom is -0.454 e. The fourth-order valence-electron chi connectivity index (χ4n) is 2.07. The third-order valence-corrected chi connectivity index (χ3v) is 2.98. The summed E-state index contributed by atoms with van der Waals surface area (Å²) in [4.78, 5) is 23.0. The summed E-state index contributed by atoms with van der Waals surface area (Å²) in [5, 5.41) is 5.35. The second-order valence-corrected chi connectivity index (χ2v) is 4.77. The van der Waals surface area contributed by atoms with E-state index in [1.807, 2.05) is 0 Å². The van der Waals surface area contributed by atoms with E-state index in [1.165, 1.54) is 6.92 Å². The molecule has 23 heavy (non-hydrogen) atoms. The van der Waals surface area contributed by atoms with Gasteiger partial charge in [-0.15, -0.1) is 0 Å². The molecule has 2 N–H and O–H groups in total. The van der Waals surface area contributed by atoms with Crippen molar-refractivity contribution in [3.8, 4) is 17.2 Å². The number of hydrogen-bond donors (Lipinski definition) is 2. The van der Waals surface area contributed by atoms with Gasteiger partial charge in [-0.1, -0.05) is 6.07 Å². The topological polar surface area (TPSA) is 85.9 Å². The Morgan fingerprint density at radius 1 is 1.00 bits per heavy atom. The lowest BCUT2D eigenvalue weighted by atomic mass is 10.3. The van der Waals surface area contributed by atoms with Gasteiger partial charge in [-0.3, -0.25) is 4.79 Å². The number of anilines is 2. The lowest BCUT2D eigenvalue weighted by Gasteiger charge is -2.09. The van der Waals surface area contributed by atoms with Gasteiger partial charge in [-0.2, -0.15) is 0 Å². The average molecular weight is 314 g/mol. The maximum Gasteiger partial charge on any atom is 0.323 e. The molecule has 7 nitrogen and oxygen atoms in total. The normalized spacial score (nSPS) is 11.7. The summed E-state index contributed by atoms with van der Waals surface area (Å²) >= 11 is 0. The first kappa shape index (κ1) is 14.7. The summed E-state index contributed by atoms with van der Waals surface area (Å²) in [7, 11) is 0. The molecule has 2 aromatic rings.